The number of benzene rings is 2. The summed E-state index contributed by atoms with van der Waals surface area (Å²) in [6.07, 6.45) is 0.911. The largest absolute Gasteiger partial charge is 0.497 e. The molecule has 0 bridgehead atoms. The predicted octanol–water partition coefficient (Wildman–Crippen LogP) is 4.29. The Kier molecular flexibility index (Phi) is 4.45. The van der Waals surface area contributed by atoms with Gasteiger partial charge in [0.15, 0.2) is 0 Å². The van der Waals surface area contributed by atoms with Crippen LogP contribution in [0.2, 0.25) is 0 Å². The van der Waals surface area contributed by atoms with Crippen LogP contribution in [-0.2, 0) is 19.5 Å². The van der Waals surface area contributed by atoms with Gasteiger partial charge in [-0.05, 0) is 23.8 Å². The van der Waals surface area contributed by atoms with E-state index in [9.17, 15) is 0 Å². The van der Waals surface area contributed by atoms with Gasteiger partial charge in [-0.3, -0.25) is 0 Å². The second-order valence-corrected chi connectivity index (χ2v) is 5.31. The first-order valence-electron chi connectivity index (χ1n) is 7.64. The van der Waals surface area contributed by atoms with Crippen LogP contribution in [0.1, 0.15) is 23.8 Å². The fourth-order valence-corrected chi connectivity index (χ4v) is 2.70. The van der Waals surface area contributed by atoms with Gasteiger partial charge in [0.05, 0.1) is 7.11 Å². The minimum absolute atomic E-state index is 0.812. The second kappa shape index (κ2) is 6.67. The lowest BCUT2D eigenvalue weighted by atomic mass is 10.1. The first-order valence-corrected chi connectivity index (χ1v) is 7.64. The molecule has 0 spiro atoms. The molecule has 0 aliphatic heterocycles. The lowest BCUT2D eigenvalue weighted by Crippen LogP contribution is -2.13. The van der Waals surface area contributed by atoms with Gasteiger partial charge < -0.3 is 14.5 Å². The molecule has 3 heteroatoms. The fourth-order valence-electron chi connectivity index (χ4n) is 2.70. The molecule has 114 valence electrons. The minimum Gasteiger partial charge on any atom is -0.497 e. The van der Waals surface area contributed by atoms with Gasteiger partial charge in [-0.2, -0.15) is 0 Å². The normalized spacial score (nSPS) is 11.0. The van der Waals surface area contributed by atoms with Crippen molar-refractivity contribution in [3.63, 3.8) is 0 Å². The Morgan fingerprint density at radius 3 is 2.50 bits per heavy atom. The standard InChI is InChI=1S/C19H21NO2/c1-3-18-17(16-6-4-5-7-19(16)22-18)13-20-12-14-8-10-15(21-2)11-9-14/h4-11,20H,3,12-13H2,1-2H3. The zero-order chi connectivity index (χ0) is 15.4. The Hall–Kier alpha value is -2.26. The summed E-state index contributed by atoms with van der Waals surface area (Å²) in [6, 6.07) is 16.4. The number of ether oxygens (including phenoxy) is 1. The van der Waals surface area contributed by atoms with Crippen LogP contribution in [0.15, 0.2) is 52.9 Å². The molecule has 1 aromatic heterocycles. The molecule has 22 heavy (non-hydrogen) atoms. The number of furan rings is 1. The number of fused-ring (bicyclic) bond motifs is 1. The van der Waals surface area contributed by atoms with E-state index >= 15 is 0 Å². The number of para-hydroxylation sites is 1. The van der Waals surface area contributed by atoms with Gasteiger partial charge in [-0.15, -0.1) is 0 Å². The molecule has 0 amide bonds. The topological polar surface area (TPSA) is 34.4 Å². The van der Waals surface area contributed by atoms with Crippen LogP contribution in [0, 0.1) is 0 Å². The SMILES string of the molecule is CCc1oc2ccccc2c1CNCc1ccc(OC)cc1. The highest BCUT2D eigenvalue weighted by Crippen LogP contribution is 2.26. The van der Waals surface area contributed by atoms with Crippen molar-refractivity contribution in [2.75, 3.05) is 7.11 Å². The van der Waals surface area contributed by atoms with E-state index in [1.807, 2.05) is 24.3 Å². The summed E-state index contributed by atoms with van der Waals surface area (Å²) in [5, 5.41) is 4.72. The number of hydrogen-bond acceptors (Lipinski definition) is 3. The quantitative estimate of drug-likeness (QED) is 0.736. The molecule has 0 aliphatic rings. The van der Waals surface area contributed by atoms with Gasteiger partial charge in [0, 0.05) is 30.5 Å². The van der Waals surface area contributed by atoms with Crippen LogP contribution in [0.4, 0.5) is 0 Å². The number of methoxy groups -OCH3 is 1. The molecule has 0 saturated heterocycles. The van der Waals surface area contributed by atoms with Crippen LogP contribution < -0.4 is 10.1 Å². The molecule has 3 nitrogen and oxygen atoms in total. The van der Waals surface area contributed by atoms with Gasteiger partial charge in [0.2, 0.25) is 0 Å². The smallest absolute Gasteiger partial charge is 0.134 e. The highest BCUT2D eigenvalue weighted by atomic mass is 16.5. The van der Waals surface area contributed by atoms with Crippen molar-refractivity contribution in [2.45, 2.75) is 26.4 Å². The van der Waals surface area contributed by atoms with Crippen LogP contribution in [-0.4, -0.2) is 7.11 Å². The van der Waals surface area contributed by atoms with Gasteiger partial charge >= 0.3 is 0 Å². The maximum atomic E-state index is 5.92. The summed E-state index contributed by atoms with van der Waals surface area (Å²) in [4.78, 5) is 0. The van der Waals surface area contributed by atoms with Crippen molar-refractivity contribution >= 4 is 11.0 Å². The monoisotopic (exact) mass is 295 g/mol. The van der Waals surface area contributed by atoms with Crippen molar-refractivity contribution in [3.05, 3.63) is 65.4 Å². The van der Waals surface area contributed by atoms with E-state index in [0.717, 1.165) is 36.6 Å². The van der Waals surface area contributed by atoms with Crippen LogP contribution in [0.3, 0.4) is 0 Å². The summed E-state index contributed by atoms with van der Waals surface area (Å²) >= 11 is 0. The molecule has 1 heterocycles. The van der Waals surface area contributed by atoms with Crippen molar-refractivity contribution in [1.29, 1.82) is 0 Å². The van der Waals surface area contributed by atoms with Gasteiger partial charge in [0.1, 0.15) is 17.1 Å². The molecular weight excluding hydrogens is 274 g/mol. The first-order chi connectivity index (χ1) is 10.8. The molecule has 0 radical (unpaired) electrons. The molecule has 0 aliphatic carbocycles. The van der Waals surface area contributed by atoms with Crippen molar-refractivity contribution in [1.82, 2.24) is 5.32 Å². The van der Waals surface area contributed by atoms with Gasteiger partial charge in [-0.1, -0.05) is 37.3 Å². The summed E-state index contributed by atoms with van der Waals surface area (Å²) in [5.74, 6) is 1.96. The molecule has 3 rings (SSSR count). The molecule has 0 atom stereocenters. The highest BCUT2D eigenvalue weighted by Gasteiger charge is 2.11. The van der Waals surface area contributed by atoms with Crippen LogP contribution in [0.25, 0.3) is 11.0 Å². The molecule has 0 saturated carbocycles. The third-order valence-electron chi connectivity index (χ3n) is 3.89. The molecule has 1 N–H and O–H groups in total. The Bertz CT molecular complexity index is 744. The number of hydrogen-bond donors (Lipinski definition) is 1. The number of aryl methyl sites for hydroxylation is 1. The molecule has 0 unspecified atom stereocenters. The van der Waals surface area contributed by atoms with Crippen molar-refractivity contribution < 1.29 is 9.15 Å². The van der Waals surface area contributed by atoms with E-state index in [4.69, 9.17) is 9.15 Å². The average molecular weight is 295 g/mol. The zero-order valence-electron chi connectivity index (χ0n) is 13.1. The highest BCUT2D eigenvalue weighted by molar-refractivity contribution is 5.82. The van der Waals surface area contributed by atoms with E-state index in [1.54, 1.807) is 7.11 Å². The second-order valence-electron chi connectivity index (χ2n) is 5.31. The molecule has 0 fully saturated rings. The van der Waals surface area contributed by atoms with Crippen molar-refractivity contribution in [3.8, 4) is 5.75 Å². The maximum Gasteiger partial charge on any atom is 0.134 e. The van der Waals surface area contributed by atoms with Gasteiger partial charge in [0.25, 0.3) is 0 Å². The van der Waals surface area contributed by atoms with E-state index in [-0.39, 0.29) is 0 Å². The van der Waals surface area contributed by atoms with Crippen LogP contribution in [0.5, 0.6) is 5.75 Å². The Morgan fingerprint density at radius 2 is 1.77 bits per heavy atom. The lowest BCUT2D eigenvalue weighted by molar-refractivity contribution is 0.414. The first kappa shape index (κ1) is 14.7. The van der Waals surface area contributed by atoms with E-state index in [2.05, 4.69) is 36.5 Å². The van der Waals surface area contributed by atoms with Crippen LogP contribution >= 0.6 is 0 Å². The van der Waals surface area contributed by atoms with E-state index < -0.39 is 0 Å². The van der Waals surface area contributed by atoms with E-state index in [0.29, 0.717) is 0 Å². The Labute approximate surface area is 130 Å². The number of nitrogens with one attached hydrogen (secondary N) is 1. The Morgan fingerprint density at radius 1 is 1.00 bits per heavy atom. The third-order valence-corrected chi connectivity index (χ3v) is 3.89. The molecular formula is C19H21NO2. The zero-order valence-corrected chi connectivity index (χ0v) is 13.1. The van der Waals surface area contributed by atoms with Gasteiger partial charge in [-0.25, -0.2) is 0 Å². The minimum atomic E-state index is 0.812. The summed E-state index contributed by atoms with van der Waals surface area (Å²) in [6.45, 7) is 3.77. The lowest BCUT2D eigenvalue weighted by Gasteiger charge is -2.06. The average Bonchev–Trinajstić information content (AvgIpc) is 2.93. The fraction of sp³-hybridized carbons (Fsp3) is 0.263. The predicted molar refractivity (Wildman–Crippen MR) is 89.1 cm³/mol. The van der Waals surface area contributed by atoms with E-state index in [1.165, 1.54) is 16.5 Å². The third kappa shape index (κ3) is 3.00. The summed E-state index contributed by atoms with van der Waals surface area (Å²) in [5.41, 5.74) is 3.49. The maximum absolute atomic E-state index is 5.92. The summed E-state index contributed by atoms with van der Waals surface area (Å²) < 4.78 is 11.1. The molecule has 2 aromatic carbocycles. The van der Waals surface area contributed by atoms with Crippen molar-refractivity contribution in [2.24, 2.45) is 0 Å². The Balaban J connectivity index is 1.70. The number of rotatable bonds is 6. The molecule has 3 aromatic rings. The summed E-state index contributed by atoms with van der Waals surface area (Å²) in [7, 11) is 1.68.